The number of hydrogen-bond acceptors (Lipinski definition) is 5. The van der Waals surface area contributed by atoms with Crippen LogP contribution in [0.3, 0.4) is 0 Å². The summed E-state index contributed by atoms with van der Waals surface area (Å²) in [5, 5.41) is 22.4. The summed E-state index contributed by atoms with van der Waals surface area (Å²) in [6, 6.07) is 8.97. The SMILES string of the molecule is CN(C[C@H](O)CNC(C)(C)CCCc1ccccc1F)S(=O)(=O)c1cc(CCCC(=O)O)cc(C(F)(F)F)c1. The van der Waals surface area contributed by atoms with Gasteiger partial charge in [0.25, 0.3) is 0 Å². The van der Waals surface area contributed by atoms with Gasteiger partial charge in [-0.05, 0) is 81.3 Å². The third kappa shape index (κ3) is 10.5. The minimum absolute atomic E-state index is 0.0234. The summed E-state index contributed by atoms with van der Waals surface area (Å²) in [5.41, 5.74) is -0.936. The second kappa shape index (κ2) is 13.7. The van der Waals surface area contributed by atoms with Crippen LogP contribution in [0.25, 0.3) is 0 Å². The number of carbonyl (C=O) groups is 1. The van der Waals surface area contributed by atoms with Crippen LogP contribution in [0.1, 0.15) is 56.2 Å². The van der Waals surface area contributed by atoms with Crippen LogP contribution in [0.5, 0.6) is 0 Å². The summed E-state index contributed by atoms with van der Waals surface area (Å²) < 4.78 is 81.1. The molecule has 0 aliphatic heterocycles. The zero-order chi connectivity index (χ0) is 29.4. The first-order chi connectivity index (χ1) is 18.0. The summed E-state index contributed by atoms with van der Waals surface area (Å²) in [7, 11) is -3.22. The molecule has 0 saturated heterocycles. The van der Waals surface area contributed by atoms with E-state index in [-0.39, 0.29) is 43.7 Å². The van der Waals surface area contributed by atoms with Gasteiger partial charge in [-0.1, -0.05) is 18.2 Å². The van der Waals surface area contributed by atoms with Crippen LogP contribution in [0.15, 0.2) is 47.4 Å². The number of halogens is 4. The Morgan fingerprint density at radius 2 is 1.74 bits per heavy atom. The Kier molecular flexibility index (Phi) is 11.5. The van der Waals surface area contributed by atoms with E-state index in [1.165, 1.54) is 13.1 Å². The number of aliphatic carboxylic acids is 1. The smallest absolute Gasteiger partial charge is 0.416 e. The molecule has 0 amide bonds. The number of nitrogens with one attached hydrogen (secondary N) is 1. The molecule has 0 heterocycles. The number of rotatable bonds is 15. The fourth-order valence-electron chi connectivity index (χ4n) is 4.11. The number of benzene rings is 2. The number of β-amino-alcohol motifs (C(OH)–C–C–N with tert-alkyl or cyclic N) is 1. The molecule has 0 fully saturated rings. The Morgan fingerprint density at radius 3 is 2.36 bits per heavy atom. The minimum Gasteiger partial charge on any atom is -0.481 e. The first-order valence-electron chi connectivity index (χ1n) is 12.6. The fourth-order valence-corrected chi connectivity index (χ4v) is 5.41. The van der Waals surface area contributed by atoms with E-state index in [2.05, 4.69) is 5.32 Å². The number of aliphatic hydroxyl groups is 1. The van der Waals surface area contributed by atoms with Gasteiger partial charge in [0.1, 0.15) is 5.82 Å². The van der Waals surface area contributed by atoms with Crippen LogP contribution in [0.4, 0.5) is 17.6 Å². The Hall–Kier alpha value is -2.54. The van der Waals surface area contributed by atoms with E-state index in [1.54, 1.807) is 18.2 Å². The first-order valence-corrected chi connectivity index (χ1v) is 14.0. The molecule has 218 valence electrons. The predicted octanol–water partition coefficient (Wildman–Crippen LogP) is 4.62. The highest BCUT2D eigenvalue weighted by atomic mass is 32.2. The quantitative estimate of drug-likeness (QED) is 0.267. The van der Waals surface area contributed by atoms with Gasteiger partial charge in [-0.15, -0.1) is 0 Å². The van der Waals surface area contributed by atoms with Crippen molar-refractivity contribution in [1.82, 2.24) is 9.62 Å². The first kappa shape index (κ1) is 32.7. The van der Waals surface area contributed by atoms with Crippen molar-refractivity contribution in [2.24, 2.45) is 0 Å². The van der Waals surface area contributed by atoms with Crippen molar-refractivity contribution in [3.63, 3.8) is 0 Å². The lowest BCUT2D eigenvalue weighted by atomic mass is 9.95. The standard InChI is InChI=1S/C27H36F4N2O5S/c1-26(2,13-7-10-20-9-4-5-11-24(20)28)32-17-22(34)18-33(3)39(37,38)23-15-19(8-6-12-25(35)36)14-21(16-23)27(29,30)31/h4-5,9,11,14-16,22,32,34H,6-8,10,12-13,17-18H2,1-3H3,(H,35,36)/t22-/m1/s1. The number of carboxylic acids is 1. The molecule has 0 aliphatic carbocycles. The van der Waals surface area contributed by atoms with E-state index < -0.39 is 44.3 Å². The summed E-state index contributed by atoms with van der Waals surface area (Å²) in [6.45, 7) is 3.45. The lowest BCUT2D eigenvalue weighted by Gasteiger charge is -2.29. The Bertz CT molecular complexity index is 1220. The zero-order valence-electron chi connectivity index (χ0n) is 22.3. The lowest BCUT2D eigenvalue weighted by molar-refractivity contribution is -0.138. The molecule has 39 heavy (non-hydrogen) atoms. The molecule has 3 N–H and O–H groups in total. The molecule has 1 atom stereocenters. The monoisotopic (exact) mass is 576 g/mol. The van der Waals surface area contributed by atoms with Crippen molar-refractivity contribution in [1.29, 1.82) is 0 Å². The second-order valence-electron chi connectivity index (χ2n) is 10.3. The van der Waals surface area contributed by atoms with E-state index >= 15 is 0 Å². The Balaban J connectivity index is 2.01. The van der Waals surface area contributed by atoms with Gasteiger partial charge in [-0.3, -0.25) is 4.79 Å². The molecule has 0 aliphatic rings. The van der Waals surface area contributed by atoms with E-state index in [0.29, 0.717) is 30.9 Å². The summed E-state index contributed by atoms with van der Waals surface area (Å²) in [5.74, 6) is -1.37. The summed E-state index contributed by atoms with van der Waals surface area (Å²) in [6.07, 6.45) is -4.35. The van der Waals surface area contributed by atoms with Crippen molar-refractivity contribution in [2.45, 2.75) is 75.1 Å². The van der Waals surface area contributed by atoms with Crippen LogP contribution < -0.4 is 5.32 Å². The van der Waals surface area contributed by atoms with Crippen LogP contribution in [-0.2, 0) is 33.8 Å². The Labute approximate surface area is 226 Å². The van der Waals surface area contributed by atoms with Crippen molar-refractivity contribution in [3.05, 3.63) is 65.0 Å². The van der Waals surface area contributed by atoms with Crippen molar-refractivity contribution < 1.29 is 41.0 Å². The van der Waals surface area contributed by atoms with E-state index in [9.17, 15) is 35.9 Å². The van der Waals surface area contributed by atoms with Gasteiger partial charge in [-0.25, -0.2) is 12.8 Å². The summed E-state index contributed by atoms with van der Waals surface area (Å²) in [4.78, 5) is 10.2. The van der Waals surface area contributed by atoms with Crippen LogP contribution >= 0.6 is 0 Å². The van der Waals surface area contributed by atoms with Gasteiger partial charge in [0.05, 0.1) is 16.6 Å². The molecule has 0 bridgehead atoms. The number of carboxylic acid groups (broad SMARTS) is 1. The number of aryl methyl sites for hydroxylation is 2. The van der Waals surface area contributed by atoms with Gasteiger partial charge in [-0.2, -0.15) is 17.5 Å². The number of nitrogens with zero attached hydrogens (tertiary/aromatic N) is 1. The third-order valence-corrected chi connectivity index (χ3v) is 8.15. The average molecular weight is 577 g/mol. The van der Waals surface area contributed by atoms with Gasteiger partial charge >= 0.3 is 12.1 Å². The molecule has 12 heteroatoms. The molecule has 2 aromatic carbocycles. The van der Waals surface area contributed by atoms with Gasteiger partial charge in [0.15, 0.2) is 0 Å². The highest BCUT2D eigenvalue weighted by Crippen LogP contribution is 2.33. The van der Waals surface area contributed by atoms with Crippen molar-refractivity contribution in [3.8, 4) is 0 Å². The number of sulfonamides is 1. The Morgan fingerprint density at radius 1 is 1.08 bits per heavy atom. The lowest BCUT2D eigenvalue weighted by Crippen LogP contribution is -2.46. The molecular weight excluding hydrogens is 540 g/mol. The number of likely N-dealkylation sites (N-methyl/N-ethyl adjacent to an activating group) is 1. The number of hydrogen-bond donors (Lipinski definition) is 3. The zero-order valence-corrected chi connectivity index (χ0v) is 23.1. The normalized spacial score (nSPS) is 13.6. The maximum Gasteiger partial charge on any atom is 0.416 e. The van der Waals surface area contributed by atoms with E-state index in [1.807, 2.05) is 13.8 Å². The topological polar surface area (TPSA) is 107 Å². The van der Waals surface area contributed by atoms with Crippen LogP contribution in [0, 0.1) is 5.82 Å². The van der Waals surface area contributed by atoms with Crippen molar-refractivity contribution >= 4 is 16.0 Å². The second-order valence-corrected chi connectivity index (χ2v) is 12.3. The molecule has 0 saturated carbocycles. The maximum absolute atomic E-state index is 13.8. The molecule has 2 rings (SSSR count). The molecule has 2 aromatic rings. The number of aliphatic hydroxyl groups excluding tert-OH is 1. The maximum atomic E-state index is 13.8. The van der Waals surface area contributed by atoms with Gasteiger partial charge in [0, 0.05) is 32.1 Å². The molecule has 0 unspecified atom stereocenters. The summed E-state index contributed by atoms with van der Waals surface area (Å²) >= 11 is 0. The molecule has 0 radical (unpaired) electrons. The van der Waals surface area contributed by atoms with E-state index in [0.717, 1.165) is 16.4 Å². The largest absolute Gasteiger partial charge is 0.481 e. The van der Waals surface area contributed by atoms with Gasteiger partial charge in [0.2, 0.25) is 10.0 Å². The van der Waals surface area contributed by atoms with Gasteiger partial charge < -0.3 is 15.5 Å². The molecule has 0 aromatic heterocycles. The third-order valence-electron chi connectivity index (χ3n) is 6.35. The minimum atomic E-state index is -4.80. The molecule has 0 spiro atoms. The fraction of sp³-hybridized carbons (Fsp3) is 0.519. The highest BCUT2D eigenvalue weighted by Gasteiger charge is 2.34. The van der Waals surface area contributed by atoms with E-state index in [4.69, 9.17) is 5.11 Å². The van der Waals surface area contributed by atoms with Crippen LogP contribution in [-0.4, -0.2) is 60.7 Å². The number of alkyl halides is 3. The predicted molar refractivity (Wildman–Crippen MR) is 139 cm³/mol. The molecule has 7 nitrogen and oxygen atoms in total. The highest BCUT2D eigenvalue weighted by molar-refractivity contribution is 7.89. The molecular formula is C27H36F4N2O5S. The van der Waals surface area contributed by atoms with Crippen LogP contribution in [0.2, 0.25) is 0 Å². The average Bonchev–Trinajstić information content (AvgIpc) is 2.83. The van der Waals surface area contributed by atoms with Crippen molar-refractivity contribution in [2.75, 3.05) is 20.1 Å².